The molecule has 0 atom stereocenters. The second-order valence-corrected chi connectivity index (χ2v) is 5.12. The summed E-state index contributed by atoms with van der Waals surface area (Å²) in [5.41, 5.74) is 2.39. The first-order valence-electron chi connectivity index (χ1n) is 6.44. The van der Waals surface area contributed by atoms with E-state index in [-0.39, 0.29) is 0 Å². The summed E-state index contributed by atoms with van der Waals surface area (Å²) in [4.78, 5) is 15.7. The number of ether oxygens (including phenoxy) is 1. The molecular formula is C16H13ClN2O2. The molecule has 2 heterocycles. The van der Waals surface area contributed by atoms with Gasteiger partial charge in [-0.2, -0.15) is 0 Å². The fourth-order valence-electron chi connectivity index (χ4n) is 2.29. The van der Waals surface area contributed by atoms with Gasteiger partial charge in [-0.15, -0.1) is 0 Å². The molecule has 0 N–H and O–H groups in total. The van der Waals surface area contributed by atoms with Crippen LogP contribution in [-0.2, 0) is 6.54 Å². The van der Waals surface area contributed by atoms with Crippen molar-refractivity contribution >= 4 is 28.9 Å². The first-order chi connectivity index (χ1) is 10.2. The maximum absolute atomic E-state index is 11.3. The molecule has 106 valence electrons. The molecule has 5 heteroatoms. The normalized spacial score (nSPS) is 10.8. The summed E-state index contributed by atoms with van der Waals surface area (Å²) in [7, 11) is 1.59. The van der Waals surface area contributed by atoms with Gasteiger partial charge in [-0.3, -0.25) is 4.79 Å². The van der Waals surface area contributed by atoms with Crippen LogP contribution in [0.4, 0.5) is 0 Å². The summed E-state index contributed by atoms with van der Waals surface area (Å²) in [6.45, 7) is 0.564. The van der Waals surface area contributed by atoms with Crippen molar-refractivity contribution in [2.24, 2.45) is 0 Å². The average molecular weight is 301 g/mol. The average Bonchev–Trinajstić information content (AvgIpc) is 2.86. The number of aromatic nitrogens is 2. The summed E-state index contributed by atoms with van der Waals surface area (Å²) in [5, 5.41) is 1.57. The molecule has 3 aromatic rings. The van der Waals surface area contributed by atoms with Crippen molar-refractivity contribution in [1.29, 1.82) is 0 Å². The predicted molar refractivity (Wildman–Crippen MR) is 82.2 cm³/mol. The number of rotatable bonds is 4. The van der Waals surface area contributed by atoms with Crippen molar-refractivity contribution in [1.82, 2.24) is 9.55 Å². The largest absolute Gasteiger partial charge is 0.495 e. The molecule has 2 aromatic heterocycles. The van der Waals surface area contributed by atoms with Crippen LogP contribution in [-0.4, -0.2) is 22.9 Å². The molecule has 0 radical (unpaired) electrons. The molecular weight excluding hydrogens is 288 g/mol. The molecule has 21 heavy (non-hydrogen) atoms. The van der Waals surface area contributed by atoms with E-state index in [9.17, 15) is 4.79 Å². The van der Waals surface area contributed by atoms with Gasteiger partial charge in [-0.05, 0) is 29.8 Å². The first-order valence-corrected chi connectivity index (χ1v) is 6.82. The quantitative estimate of drug-likeness (QED) is 0.692. The van der Waals surface area contributed by atoms with Crippen LogP contribution in [0.25, 0.3) is 11.0 Å². The number of carbonyl (C=O) groups is 1. The number of benzene rings is 1. The summed E-state index contributed by atoms with van der Waals surface area (Å²) in [6, 6.07) is 11.2. The Morgan fingerprint density at radius 1 is 1.29 bits per heavy atom. The number of carbonyl (C=O) groups excluding carboxylic acids is 1. The van der Waals surface area contributed by atoms with Crippen molar-refractivity contribution in [3.63, 3.8) is 0 Å². The number of hydrogen-bond donors (Lipinski definition) is 0. The second-order valence-electron chi connectivity index (χ2n) is 4.69. The molecule has 1 aromatic carbocycles. The molecule has 0 saturated heterocycles. The third-order valence-corrected chi connectivity index (χ3v) is 3.60. The zero-order valence-electron chi connectivity index (χ0n) is 11.4. The minimum Gasteiger partial charge on any atom is -0.495 e. The molecule has 4 nitrogen and oxygen atoms in total. The number of nitrogens with zero attached hydrogens (tertiary/aromatic N) is 2. The lowest BCUT2D eigenvalue weighted by atomic mass is 10.2. The lowest BCUT2D eigenvalue weighted by Crippen LogP contribution is -2.04. The van der Waals surface area contributed by atoms with Crippen molar-refractivity contribution in [3.05, 3.63) is 58.9 Å². The van der Waals surface area contributed by atoms with E-state index in [2.05, 4.69) is 4.98 Å². The van der Waals surface area contributed by atoms with E-state index < -0.39 is 0 Å². The van der Waals surface area contributed by atoms with E-state index in [1.165, 1.54) is 0 Å². The van der Waals surface area contributed by atoms with Gasteiger partial charge in [0, 0.05) is 17.0 Å². The fraction of sp³-hybridized carbons (Fsp3) is 0.125. The lowest BCUT2D eigenvalue weighted by molar-refractivity contribution is 0.111. The van der Waals surface area contributed by atoms with E-state index in [1.807, 2.05) is 41.0 Å². The lowest BCUT2D eigenvalue weighted by Gasteiger charge is -2.07. The smallest absolute Gasteiger partial charge is 0.166 e. The number of methoxy groups -OCH3 is 1. The van der Waals surface area contributed by atoms with Gasteiger partial charge in [-0.25, -0.2) is 4.98 Å². The van der Waals surface area contributed by atoms with Gasteiger partial charge >= 0.3 is 0 Å². The molecule has 3 rings (SSSR count). The molecule has 0 aliphatic rings. The highest BCUT2D eigenvalue weighted by Gasteiger charge is 2.11. The highest BCUT2D eigenvalue weighted by atomic mass is 35.5. The van der Waals surface area contributed by atoms with Gasteiger partial charge in [0.2, 0.25) is 0 Å². The van der Waals surface area contributed by atoms with Crippen LogP contribution in [0.1, 0.15) is 16.1 Å². The minimum absolute atomic E-state index is 0.564. The number of fused-ring (bicyclic) bond motifs is 1. The molecule has 0 bridgehead atoms. The van der Waals surface area contributed by atoms with Crippen LogP contribution >= 0.6 is 11.6 Å². The van der Waals surface area contributed by atoms with E-state index in [1.54, 1.807) is 13.3 Å². The highest BCUT2D eigenvalue weighted by Crippen LogP contribution is 2.23. The first kappa shape index (κ1) is 13.6. The number of hydrogen-bond acceptors (Lipinski definition) is 3. The Bertz CT molecular complexity index is 794. The van der Waals surface area contributed by atoms with Crippen LogP contribution in [0.2, 0.25) is 5.02 Å². The SMILES string of the molecule is COc1cnc2c(c1)cc(C=O)n2Cc1ccc(Cl)cc1. The van der Waals surface area contributed by atoms with E-state index in [0.29, 0.717) is 23.0 Å². The standard InChI is InChI=1S/C16H13ClN2O2/c1-21-15-7-12-6-14(10-20)19(16(12)18-8-15)9-11-2-4-13(17)5-3-11/h2-8,10H,9H2,1H3. The molecule has 0 aliphatic carbocycles. The Labute approximate surface area is 126 Å². The second kappa shape index (κ2) is 5.58. The molecule has 0 fully saturated rings. The topological polar surface area (TPSA) is 44.1 Å². The summed E-state index contributed by atoms with van der Waals surface area (Å²) in [5.74, 6) is 0.670. The Kier molecular flexibility index (Phi) is 3.62. The molecule has 0 saturated carbocycles. The van der Waals surface area contributed by atoms with Gasteiger partial charge in [0.1, 0.15) is 11.4 Å². The highest BCUT2D eigenvalue weighted by molar-refractivity contribution is 6.30. The monoisotopic (exact) mass is 300 g/mol. The molecule has 0 unspecified atom stereocenters. The minimum atomic E-state index is 0.564. The predicted octanol–water partition coefficient (Wildman–Crippen LogP) is 3.56. The Morgan fingerprint density at radius 2 is 2.05 bits per heavy atom. The molecule has 0 aliphatic heterocycles. The zero-order chi connectivity index (χ0) is 14.8. The van der Waals surface area contributed by atoms with Crippen molar-refractivity contribution < 1.29 is 9.53 Å². The van der Waals surface area contributed by atoms with Crippen molar-refractivity contribution in [2.45, 2.75) is 6.54 Å². The van der Waals surface area contributed by atoms with Gasteiger partial charge in [0.05, 0.1) is 19.0 Å². The number of aldehydes is 1. The third kappa shape index (κ3) is 2.62. The van der Waals surface area contributed by atoms with Crippen LogP contribution in [0, 0.1) is 0 Å². The van der Waals surface area contributed by atoms with Gasteiger partial charge in [-0.1, -0.05) is 23.7 Å². The van der Waals surface area contributed by atoms with Crippen LogP contribution < -0.4 is 4.74 Å². The summed E-state index contributed by atoms with van der Waals surface area (Å²) < 4.78 is 7.04. The maximum Gasteiger partial charge on any atom is 0.166 e. The van der Waals surface area contributed by atoms with Crippen LogP contribution in [0.3, 0.4) is 0 Å². The van der Waals surface area contributed by atoms with Gasteiger partial charge in [0.15, 0.2) is 6.29 Å². The van der Waals surface area contributed by atoms with Crippen molar-refractivity contribution in [2.75, 3.05) is 7.11 Å². The van der Waals surface area contributed by atoms with Crippen LogP contribution in [0.15, 0.2) is 42.6 Å². The van der Waals surface area contributed by atoms with Crippen LogP contribution in [0.5, 0.6) is 5.75 Å². The number of pyridine rings is 1. The number of halogens is 1. The molecule has 0 amide bonds. The Morgan fingerprint density at radius 3 is 2.71 bits per heavy atom. The van der Waals surface area contributed by atoms with E-state index in [4.69, 9.17) is 16.3 Å². The van der Waals surface area contributed by atoms with E-state index >= 15 is 0 Å². The zero-order valence-corrected chi connectivity index (χ0v) is 12.2. The summed E-state index contributed by atoms with van der Waals surface area (Å²) >= 11 is 5.89. The van der Waals surface area contributed by atoms with Crippen molar-refractivity contribution in [3.8, 4) is 5.75 Å². The maximum atomic E-state index is 11.3. The Hall–Kier alpha value is -2.33. The third-order valence-electron chi connectivity index (χ3n) is 3.35. The fourth-order valence-corrected chi connectivity index (χ4v) is 2.42. The van der Waals surface area contributed by atoms with Gasteiger partial charge in [0.25, 0.3) is 0 Å². The summed E-state index contributed by atoms with van der Waals surface area (Å²) in [6.07, 6.45) is 2.49. The molecule has 0 spiro atoms. The van der Waals surface area contributed by atoms with E-state index in [0.717, 1.165) is 22.9 Å². The van der Waals surface area contributed by atoms with Gasteiger partial charge < -0.3 is 9.30 Å². The Balaban J connectivity index is 2.07.